The summed E-state index contributed by atoms with van der Waals surface area (Å²) in [4.78, 5) is 16.4. The standard InChI is InChI=1S/C16H20N2O3/c1-11(10-20-3)17-15(19)9-14-12(2)21-16(18-14)13-7-5-4-6-8-13/h4-8,11H,9-10H2,1-3H3,(H,17,19)/t11-/m0/s1. The number of carbonyl (C=O) groups is 1. The summed E-state index contributed by atoms with van der Waals surface area (Å²) >= 11 is 0. The highest BCUT2D eigenvalue weighted by molar-refractivity contribution is 5.78. The second-order valence-corrected chi connectivity index (χ2v) is 4.99. The van der Waals surface area contributed by atoms with Crippen molar-refractivity contribution in [2.75, 3.05) is 13.7 Å². The van der Waals surface area contributed by atoms with Crippen LogP contribution in [0.4, 0.5) is 0 Å². The van der Waals surface area contributed by atoms with E-state index in [0.29, 0.717) is 24.0 Å². The van der Waals surface area contributed by atoms with Crippen molar-refractivity contribution in [2.45, 2.75) is 26.3 Å². The smallest absolute Gasteiger partial charge is 0.226 e. The number of nitrogens with zero attached hydrogens (tertiary/aromatic N) is 1. The van der Waals surface area contributed by atoms with Crippen molar-refractivity contribution in [1.82, 2.24) is 10.3 Å². The first kappa shape index (κ1) is 15.3. The maximum atomic E-state index is 11.9. The highest BCUT2D eigenvalue weighted by Gasteiger charge is 2.15. The topological polar surface area (TPSA) is 64.4 Å². The van der Waals surface area contributed by atoms with Gasteiger partial charge in [0, 0.05) is 18.7 Å². The van der Waals surface area contributed by atoms with Crippen LogP contribution >= 0.6 is 0 Å². The first-order chi connectivity index (χ1) is 10.1. The van der Waals surface area contributed by atoms with Gasteiger partial charge in [-0.2, -0.15) is 0 Å². The van der Waals surface area contributed by atoms with Crippen LogP contribution in [0, 0.1) is 6.92 Å². The van der Waals surface area contributed by atoms with E-state index in [2.05, 4.69) is 10.3 Å². The Hall–Kier alpha value is -2.14. The predicted molar refractivity (Wildman–Crippen MR) is 79.9 cm³/mol. The average Bonchev–Trinajstić information content (AvgIpc) is 2.81. The lowest BCUT2D eigenvalue weighted by Gasteiger charge is -2.11. The van der Waals surface area contributed by atoms with Gasteiger partial charge in [0.1, 0.15) is 5.76 Å². The number of methoxy groups -OCH3 is 1. The third-order valence-electron chi connectivity index (χ3n) is 3.07. The molecule has 1 atom stereocenters. The quantitative estimate of drug-likeness (QED) is 0.886. The van der Waals surface area contributed by atoms with Crippen molar-refractivity contribution in [3.63, 3.8) is 0 Å². The van der Waals surface area contributed by atoms with E-state index in [0.717, 1.165) is 5.56 Å². The van der Waals surface area contributed by atoms with Gasteiger partial charge in [-0.1, -0.05) is 18.2 Å². The van der Waals surface area contributed by atoms with E-state index < -0.39 is 0 Å². The molecule has 0 unspecified atom stereocenters. The molecule has 0 fully saturated rings. The molecular formula is C16H20N2O3. The van der Waals surface area contributed by atoms with Crippen molar-refractivity contribution >= 4 is 5.91 Å². The summed E-state index contributed by atoms with van der Waals surface area (Å²) in [5, 5.41) is 2.86. The number of aromatic nitrogens is 1. The zero-order valence-corrected chi connectivity index (χ0v) is 12.6. The van der Waals surface area contributed by atoms with Crippen molar-refractivity contribution in [1.29, 1.82) is 0 Å². The molecule has 21 heavy (non-hydrogen) atoms. The average molecular weight is 288 g/mol. The molecule has 1 heterocycles. The molecule has 5 nitrogen and oxygen atoms in total. The Balaban J connectivity index is 2.05. The van der Waals surface area contributed by atoms with Gasteiger partial charge in [-0.05, 0) is 26.0 Å². The van der Waals surface area contributed by atoms with Crippen LogP contribution in [0.5, 0.6) is 0 Å². The molecule has 2 aromatic rings. The normalized spacial score (nSPS) is 12.1. The first-order valence-electron chi connectivity index (χ1n) is 6.90. The summed E-state index contributed by atoms with van der Waals surface area (Å²) < 4.78 is 10.6. The molecular weight excluding hydrogens is 268 g/mol. The molecule has 0 bridgehead atoms. The van der Waals surface area contributed by atoms with Gasteiger partial charge < -0.3 is 14.5 Å². The lowest BCUT2D eigenvalue weighted by atomic mass is 10.2. The van der Waals surface area contributed by atoms with Gasteiger partial charge in [0.15, 0.2) is 0 Å². The second-order valence-electron chi connectivity index (χ2n) is 4.99. The van der Waals surface area contributed by atoms with Crippen LogP contribution in [0.1, 0.15) is 18.4 Å². The fraction of sp³-hybridized carbons (Fsp3) is 0.375. The molecule has 112 valence electrons. The van der Waals surface area contributed by atoms with Gasteiger partial charge in [-0.3, -0.25) is 4.79 Å². The number of amides is 1. The largest absolute Gasteiger partial charge is 0.441 e. The van der Waals surface area contributed by atoms with Crippen LogP contribution < -0.4 is 5.32 Å². The number of ether oxygens (including phenoxy) is 1. The number of oxazole rings is 1. The van der Waals surface area contributed by atoms with Crippen LogP contribution in [-0.4, -0.2) is 30.6 Å². The van der Waals surface area contributed by atoms with Crippen LogP contribution in [0.15, 0.2) is 34.7 Å². The summed E-state index contributed by atoms with van der Waals surface area (Å²) in [5.41, 5.74) is 1.57. The molecule has 2 rings (SSSR count). The molecule has 0 saturated carbocycles. The Morgan fingerprint density at radius 2 is 2.10 bits per heavy atom. The lowest BCUT2D eigenvalue weighted by molar-refractivity contribution is -0.121. The van der Waals surface area contributed by atoms with Crippen LogP contribution in [-0.2, 0) is 16.0 Å². The third kappa shape index (κ3) is 4.16. The Labute approximate surface area is 124 Å². The number of rotatable bonds is 6. The molecule has 1 aromatic heterocycles. The maximum absolute atomic E-state index is 11.9. The summed E-state index contributed by atoms with van der Waals surface area (Å²) in [6.45, 7) is 4.20. The van der Waals surface area contributed by atoms with E-state index in [9.17, 15) is 4.79 Å². The minimum Gasteiger partial charge on any atom is -0.441 e. The van der Waals surface area contributed by atoms with Gasteiger partial charge in [-0.15, -0.1) is 0 Å². The van der Waals surface area contributed by atoms with Crippen molar-refractivity contribution < 1.29 is 13.9 Å². The van der Waals surface area contributed by atoms with Gasteiger partial charge in [0.2, 0.25) is 11.8 Å². The number of hydrogen-bond donors (Lipinski definition) is 1. The van der Waals surface area contributed by atoms with E-state index in [-0.39, 0.29) is 18.4 Å². The highest BCUT2D eigenvalue weighted by atomic mass is 16.5. The molecule has 1 N–H and O–H groups in total. The number of nitrogens with one attached hydrogen (secondary N) is 1. The minimum atomic E-state index is -0.0874. The van der Waals surface area contributed by atoms with Gasteiger partial charge >= 0.3 is 0 Å². The number of aryl methyl sites for hydroxylation is 1. The van der Waals surface area contributed by atoms with Crippen LogP contribution in [0.2, 0.25) is 0 Å². The maximum Gasteiger partial charge on any atom is 0.226 e. The fourth-order valence-electron chi connectivity index (χ4n) is 2.07. The van der Waals surface area contributed by atoms with E-state index in [1.54, 1.807) is 7.11 Å². The molecule has 0 aliphatic rings. The third-order valence-corrected chi connectivity index (χ3v) is 3.07. The van der Waals surface area contributed by atoms with Crippen LogP contribution in [0.25, 0.3) is 11.5 Å². The van der Waals surface area contributed by atoms with E-state index in [1.807, 2.05) is 44.2 Å². The van der Waals surface area contributed by atoms with Crippen molar-refractivity contribution in [3.8, 4) is 11.5 Å². The zero-order chi connectivity index (χ0) is 15.2. The Kier molecular flexibility index (Phi) is 5.11. The van der Waals surface area contributed by atoms with Crippen molar-refractivity contribution in [2.24, 2.45) is 0 Å². The zero-order valence-electron chi connectivity index (χ0n) is 12.6. The summed E-state index contributed by atoms with van der Waals surface area (Å²) in [7, 11) is 1.61. The SMILES string of the molecule is COC[C@H](C)NC(=O)Cc1nc(-c2ccccc2)oc1C. The molecule has 0 radical (unpaired) electrons. The van der Waals surface area contributed by atoms with Gasteiger partial charge in [0.25, 0.3) is 0 Å². The molecule has 0 spiro atoms. The first-order valence-corrected chi connectivity index (χ1v) is 6.90. The molecule has 0 aliphatic carbocycles. The number of hydrogen-bond acceptors (Lipinski definition) is 4. The van der Waals surface area contributed by atoms with E-state index >= 15 is 0 Å². The Morgan fingerprint density at radius 3 is 2.76 bits per heavy atom. The van der Waals surface area contributed by atoms with Gasteiger partial charge in [0.05, 0.1) is 18.7 Å². The number of carbonyl (C=O) groups excluding carboxylic acids is 1. The van der Waals surface area contributed by atoms with E-state index in [4.69, 9.17) is 9.15 Å². The van der Waals surface area contributed by atoms with E-state index in [1.165, 1.54) is 0 Å². The molecule has 0 saturated heterocycles. The molecule has 1 aromatic carbocycles. The molecule has 5 heteroatoms. The number of benzene rings is 1. The second kappa shape index (κ2) is 7.04. The monoisotopic (exact) mass is 288 g/mol. The highest BCUT2D eigenvalue weighted by Crippen LogP contribution is 2.21. The molecule has 1 amide bonds. The molecule has 0 aliphatic heterocycles. The van der Waals surface area contributed by atoms with Crippen LogP contribution in [0.3, 0.4) is 0 Å². The minimum absolute atomic E-state index is 0.0247. The summed E-state index contributed by atoms with van der Waals surface area (Å²) in [6.07, 6.45) is 0.205. The fourth-order valence-corrected chi connectivity index (χ4v) is 2.07. The van der Waals surface area contributed by atoms with Gasteiger partial charge in [-0.25, -0.2) is 4.98 Å². The Bertz CT molecular complexity index is 593. The van der Waals surface area contributed by atoms with Crippen molar-refractivity contribution in [3.05, 3.63) is 41.8 Å². The lowest BCUT2D eigenvalue weighted by Crippen LogP contribution is -2.36. The summed E-state index contributed by atoms with van der Waals surface area (Å²) in [6, 6.07) is 9.61. The Morgan fingerprint density at radius 1 is 1.38 bits per heavy atom. The summed E-state index contributed by atoms with van der Waals surface area (Å²) in [5.74, 6) is 1.12. The predicted octanol–water partition coefficient (Wildman–Crippen LogP) is 2.34.